The van der Waals surface area contributed by atoms with Crippen LogP contribution in [0.25, 0.3) is 11.1 Å². The van der Waals surface area contributed by atoms with Crippen LogP contribution in [0.1, 0.15) is 32.5 Å². The highest BCUT2D eigenvalue weighted by Gasteiger charge is 2.34. The van der Waals surface area contributed by atoms with Crippen LogP contribution in [-0.4, -0.2) is 26.8 Å². The van der Waals surface area contributed by atoms with Crippen LogP contribution in [0, 0.1) is 0 Å². The summed E-state index contributed by atoms with van der Waals surface area (Å²) in [5, 5.41) is 17.3. The normalized spacial score (nSPS) is 16.2. The maximum absolute atomic E-state index is 12.3. The molecule has 26 heavy (non-hydrogen) atoms. The van der Waals surface area contributed by atoms with Crippen LogP contribution in [0.5, 0.6) is 0 Å². The number of carboxylic acid groups (broad SMARTS) is 1. The molecule has 0 aliphatic carbocycles. The van der Waals surface area contributed by atoms with E-state index in [-0.39, 0.29) is 23.1 Å². The highest BCUT2D eigenvalue weighted by Crippen LogP contribution is 2.49. The Bertz CT molecular complexity index is 1020. The number of thiophene rings is 1. The fourth-order valence-corrected chi connectivity index (χ4v) is 4.59. The van der Waals surface area contributed by atoms with E-state index in [2.05, 4.69) is 10.4 Å². The number of carboxylic acids is 1. The van der Waals surface area contributed by atoms with E-state index in [4.69, 9.17) is 11.6 Å². The van der Waals surface area contributed by atoms with E-state index in [0.29, 0.717) is 21.8 Å². The van der Waals surface area contributed by atoms with E-state index < -0.39 is 5.97 Å². The molecule has 1 unspecified atom stereocenters. The lowest BCUT2D eigenvalue weighted by molar-refractivity contribution is -0.116. The number of nitrogens with zero attached hydrogens (tertiary/aromatic N) is 2. The molecule has 8 heteroatoms. The number of aromatic carboxylic acids is 1. The van der Waals surface area contributed by atoms with Gasteiger partial charge in [-0.3, -0.25) is 9.48 Å². The second-order valence-corrected chi connectivity index (χ2v) is 7.60. The molecule has 1 amide bonds. The van der Waals surface area contributed by atoms with Crippen molar-refractivity contribution in [2.45, 2.75) is 12.3 Å². The maximum atomic E-state index is 12.3. The summed E-state index contributed by atoms with van der Waals surface area (Å²) in [6.07, 6.45) is 3.84. The third-order valence-electron chi connectivity index (χ3n) is 4.36. The molecular weight excluding hydrogens is 374 g/mol. The molecule has 1 aliphatic heterocycles. The van der Waals surface area contributed by atoms with Gasteiger partial charge in [-0.15, -0.1) is 11.3 Å². The number of hydrogen-bond donors (Lipinski definition) is 2. The number of halogens is 1. The highest BCUT2D eigenvalue weighted by atomic mass is 35.5. The Morgan fingerprint density at radius 3 is 2.73 bits per heavy atom. The minimum absolute atomic E-state index is 0.142. The first-order valence-electron chi connectivity index (χ1n) is 7.88. The number of nitrogens with one attached hydrogen (secondary N) is 1. The summed E-state index contributed by atoms with van der Waals surface area (Å²) in [7, 11) is 1.81. The van der Waals surface area contributed by atoms with Crippen molar-refractivity contribution < 1.29 is 14.7 Å². The molecular formula is C18H14ClN3O3S. The van der Waals surface area contributed by atoms with Gasteiger partial charge in [-0.25, -0.2) is 4.79 Å². The molecule has 3 heterocycles. The lowest BCUT2D eigenvalue weighted by atomic mass is 9.90. The number of benzene rings is 1. The van der Waals surface area contributed by atoms with Crippen molar-refractivity contribution in [3.63, 3.8) is 0 Å². The summed E-state index contributed by atoms with van der Waals surface area (Å²) in [6.45, 7) is 0. The Balaban J connectivity index is 1.93. The van der Waals surface area contributed by atoms with Crippen molar-refractivity contribution in [1.29, 1.82) is 0 Å². The van der Waals surface area contributed by atoms with Gasteiger partial charge in [0.1, 0.15) is 4.88 Å². The van der Waals surface area contributed by atoms with Crippen LogP contribution in [0.15, 0.2) is 36.7 Å². The van der Waals surface area contributed by atoms with E-state index in [0.717, 1.165) is 10.4 Å². The molecule has 132 valence electrons. The van der Waals surface area contributed by atoms with Gasteiger partial charge in [0.15, 0.2) is 0 Å². The van der Waals surface area contributed by atoms with Crippen LogP contribution in [0.2, 0.25) is 5.02 Å². The van der Waals surface area contributed by atoms with Crippen molar-refractivity contribution in [3.8, 4) is 11.1 Å². The SMILES string of the molecule is Cn1cc(C2CC(=O)Nc3c2sc(C(=O)O)c3-c2ccc(Cl)cc2)cn1. The fourth-order valence-electron chi connectivity index (χ4n) is 3.22. The molecule has 6 nitrogen and oxygen atoms in total. The Hall–Kier alpha value is -2.64. The van der Waals surface area contributed by atoms with Gasteiger partial charge < -0.3 is 10.4 Å². The van der Waals surface area contributed by atoms with Crippen LogP contribution >= 0.6 is 22.9 Å². The third-order valence-corrected chi connectivity index (χ3v) is 5.90. The predicted molar refractivity (Wildman–Crippen MR) is 100 cm³/mol. The highest BCUT2D eigenvalue weighted by molar-refractivity contribution is 7.15. The summed E-state index contributed by atoms with van der Waals surface area (Å²) in [5.41, 5.74) is 2.69. The summed E-state index contributed by atoms with van der Waals surface area (Å²) < 4.78 is 1.67. The number of anilines is 1. The van der Waals surface area contributed by atoms with Crippen LogP contribution < -0.4 is 5.32 Å². The minimum atomic E-state index is -1.02. The average molecular weight is 388 g/mol. The first-order chi connectivity index (χ1) is 12.4. The predicted octanol–water partition coefficient (Wildman–Crippen LogP) is 3.97. The van der Waals surface area contributed by atoms with Gasteiger partial charge in [-0.05, 0) is 23.3 Å². The van der Waals surface area contributed by atoms with E-state index >= 15 is 0 Å². The first kappa shape index (κ1) is 16.8. The molecule has 0 saturated heterocycles. The van der Waals surface area contributed by atoms with Crippen LogP contribution in [0.4, 0.5) is 5.69 Å². The van der Waals surface area contributed by atoms with Gasteiger partial charge in [0.2, 0.25) is 5.91 Å². The van der Waals surface area contributed by atoms with E-state index in [1.165, 1.54) is 11.3 Å². The van der Waals surface area contributed by atoms with Crippen molar-refractivity contribution in [2.75, 3.05) is 5.32 Å². The second kappa shape index (κ2) is 6.26. The van der Waals surface area contributed by atoms with Crippen molar-refractivity contribution in [3.05, 3.63) is 57.0 Å². The summed E-state index contributed by atoms with van der Waals surface area (Å²) in [5.74, 6) is -1.37. The Labute approximate surface area is 158 Å². The molecule has 0 fully saturated rings. The number of carbonyl (C=O) groups excluding carboxylic acids is 1. The second-order valence-electron chi connectivity index (χ2n) is 6.11. The number of fused-ring (bicyclic) bond motifs is 1. The third kappa shape index (κ3) is 2.79. The fraction of sp³-hybridized carbons (Fsp3) is 0.167. The van der Waals surface area contributed by atoms with Gasteiger partial charge in [0.05, 0.1) is 11.9 Å². The molecule has 1 aromatic carbocycles. The topological polar surface area (TPSA) is 84.2 Å². The lowest BCUT2D eigenvalue weighted by Crippen LogP contribution is -2.22. The Morgan fingerprint density at radius 2 is 2.12 bits per heavy atom. The summed E-state index contributed by atoms with van der Waals surface area (Å²) >= 11 is 7.15. The molecule has 0 radical (unpaired) electrons. The molecule has 0 saturated carbocycles. The number of rotatable bonds is 3. The molecule has 2 aromatic heterocycles. The summed E-state index contributed by atoms with van der Waals surface area (Å²) in [4.78, 5) is 25.2. The van der Waals surface area contributed by atoms with Crippen molar-refractivity contribution >= 4 is 40.5 Å². The molecule has 0 spiro atoms. The summed E-state index contributed by atoms with van der Waals surface area (Å²) in [6, 6.07) is 6.93. The standard InChI is InChI=1S/C18H14ClN3O3S/c1-22-8-10(7-20-22)12-6-13(23)21-15-14(9-2-4-11(19)5-3-9)17(18(24)25)26-16(12)15/h2-5,7-8,12H,6H2,1H3,(H,21,23)(H,24,25). The number of amides is 1. The number of aromatic nitrogens is 2. The molecule has 0 bridgehead atoms. The monoisotopic (exact) mass is 387 g/mol. The maximum Gasteiger partial charge on any atom is 0.346 e. The number of aryl methyl sites for hydroxylation is 1. The average Bonchev–Trinajstić information content (AvgIpc) is 3.19. The minimum Gasteiger partial charge on any atom is -0.477 e. The van der Waals surface area contributed by atoms with Gasteiger partial charge in [0, 0.05) is 41.0 Å². The number of hydrogen-bond acceptors (Lipinski definition) is 4. The first-order valence-corrected chi connectivity index (χ1v) is 9.08. The largest absolute Gasteiger partial charge is 0.477 e. The molecule has 3 aromatic rings. The van der Waals surface area contributed by atoms with Gasteiger partial charge in [0.25, 0.3) is 0 Å². The van der Waals surface area contributed by atoms with E-state index in [1.54, 1.807) is 35.1 Å². The number of carbonyl (C=O) groups is 2. The zero-order valence-corrected chi connectivity index (χ0v) is 15.3. The van der Waals surface area contributed by atoms with Crippen LogP contribution in [-0.2, 0) is 11.8 Å². The van der Waals surface area contributed by atoms with Gasteiger partial charge in [-0.2, -0.15) is 5.10 Å². The molecule has 1 atom stereocenters. The quantitative estimate of drug-likeness (QED) is 0.712. The van der Waals surface area contributed by atoms with E-state index in [1.807, 2.05) is 13.2 Å². The lowest BCUT2D eigenvalue weighted by Gasteiger charge is -2.22. The zero-order valence-electron chi connectivity index (χ0n) is 13.7. The van der Waals surface area contributed by atoms with Crippen LogP contribution in [0.3, 0.4) is 0 Å². The van der Waals surface area contributed by atoms with Crippen molar-refractivity contribution in [1.82, 2.24) is 9.78 Å². The Morgan fingerprint density at radius 1 is 1.38 bits per heavy atom. The molecule has 2 N–H and O–H groups in total. The van der Waals surface area contributed by atoms with Gasteiger partial charge in [-0.1, -0.05) is 23.7 Å². The van der Waals surface area contributed by atoms with E-state index in [9.17, 15) is 14.7 Å². The smallest absolute Gasteiger partial charge is 0.346 e. The van der Waals surface area contributed by atoms with Gasteiger partial charge >= 0.3 is 5.97 Å². The Kier molecular flexibility index (Phi) is 4.05. The van der Waals surface area contributed by atoms with Crippen molar-refractivity contribution in [2.24, 2.45) is 7.05 Å². The zero-order chi connectivity index (χ0) is 18.4. The molecule has 4 rings (SSSR count). The molecule has 1 aliphatic rings.